The Morgan fingerprint density at radius 3 is 0.769 bits per heavy atom. The minimum absolute atomic E-state index is 0.0908. The van der Waals surface area contributed by atoms with Crippen molar-refractivity contribution in [2.24, 2.45) is 5.73 Å². The first-order valence-corrected chi connectivity index (χ1v) is 33.6. The summed E-state index contributed by atoms with van der Waals surface area (Å²) < 4.78 is 22.5. The van der Waals surface area contributed by atoms with Gasteiger partial charge in [-0.2, -0.15) is 0 Å². The Balaban J connectivity index is 5.38. The Labute approximate surface area is 481 Å². The van der Waals surface area contributed by atoms with Gasteiger partial charge < -0.3 is 29.6 Å². The molecule has 2 N–H and O–H groups in total. The summed E-state index contributed by atoms with van der Waals surface area (Å²) in [6.45, 7) is 12.6. The summed E-state index contributed by atoms with van der Waals surface area (Å²) in [4.78, 5) is 69.0. The lowest BCUT2D eigenvalue weighted by Crippen LogP contribution is -2.46. The first-order chi connectivity index (χ1) is 38.2. The maximum atomic E-state index is 13.2. The molecular formula is C66H127N3O9. The van der Waals surface area contributed by atoms with E-state index in [0.29, 0.717) is 65.3 Å². The molecule has 0 radical (unpaired) electrons. The third kappa shape index (κ3) is 53.9. The van der Waals surface area contributed by atoms with Gasteiger partial charge in [0.1, 0.15) is 0 Å². The number of primary amides is 1. The molecule has 0 heterocycles. The normalized spacial score (nSPS) is 11.9. The number of nitrogens with two attached hydrogens (primary N) is 1. The van der Waals surface area contributed by atoms with Crippen molar-refractivity contribution in [3.8, 4) is 0 Å². The van der Waals surface area contributed by atoms with Crippen LogP contribution in [-0.4, -0.2) is 105 Å². The molecular weight excluding hydrogens is 979 g/mol. The number of ether oxygens (including phenoxy) is 4. The molecule has 1 unspecified atom stereocenters. The zero-order valence-corrected chi connectivity index (χ0v) is 51.8. The van der Waals surface area contributed by atoms with Gasteiger partial charge in [-0.1, -0.05) is 265 Å². The average molecular weight is 1110 g/mol. The number of rotatable bonds is 63. The Morgan fingerprint density at radius 1 is 0.295 bits per heavy atom. The molecule has 0 saturated heterocycles. The monoisotopic (exact) mass is 1110 g/mol. The van der Waals surface area contributed by atoms with Gasteiger partial charge in [-0.15, -0.1) is 0 Å². The molecule has 0 rings (SSSR count). The van der Waals surface area contributed by atoms with Gasteiger partial charge in [0.15, 0.2) is 0 Å². The van der Waals surface area contributed by atoms with Crippen LogP contribution in [0, 0.1) is 0 Å². The summed E-state index contributed by atoms with van der Waals surface area (Å²) in [7, 11) is 0. The number of carbonyl (C=O) groups is 5. The van der Waals surface area contributed by atoms with Crippen molar-refractivity contribution in [2.75, 3.05) is 59.2 Å². The van der Waals surface area contributed by atoms with E-state index in [-0.39, 0.29) is 62.7 Å². The van der Waals surface area contributed by atoms with Crippen LogP contribution in [0.2, 0.25) is 0 Å². The van der Waals surface area contributed by atoms with Gasteiger partial charge in [0, 0.05) is 26.2 Å². The fourth-order valence-corrected chi connectivity index (χ4v) is 10.3. The molecule has 1 amide bonds. The van der Waals surface area contributed by atoms with Crippen molar-refractivity contribution >= 4 is 29.8 Å². The molecule has 0 aliphatic carbocycles. The molecule has 0 aliphatic heterocycles. The number of hydrogen-bond donors (Lipinski definition) is 1. The zero-order valence-electron chi connectivity index (χ0n) is 51.8. The molecule has 0 aromatic heterocycles. The van der Waals surface area contributed by atoms with Crippen molar-refractivity contribution in [2.45, 2.75) is 336 Å². The highest BCUT2D eigenvalue weighted by Crippen LogP contribution is 2.17. The van der Waals surface area contributed by atoms with Crippen LogP contribution >= 0.6 is 0 Å². The molecule has 12 nitrogen and oxygen atoms in total. The van der Waals surface area contributed by atoms with Gasteiger partial charge in [0.2, 0.25) is 5.91 Å². The molecule has 78 heavy (non-hydrogen) atoms. The molecule has 460 valence electrons. The molecule has 0 aromatic rings. The van der Waals surface area contributed by atoms with Crippen LogP contribution < -0.4 is 5.73 Å². The van der Waals surface area contributed by atoms with Gasteiger partial charge in [0.05, 0.1) is 58.2 Å². The fourth-order valence-electron chi connectivity index (χ4n) is 10.3. The van der Waals surface area contributed by atoms with E-state index in [1.54, 1.807) is 0 Å². The lowest BCUT2D eigenvalue weighted by molar-refractivity contribution is -0.146. The van der Waals surface area contributed by atoms with E-state index < -0.39 is 11.9 Å². The van der Waals surface area contributed by atoms with Crippen molar-refractivity contribution in [1.82, 2.24) is 9.80 Å². The van der Waals surface area contributed by atoms with Gasteiger partial charge in [0.25, 0.3) is 0 Å². The number of hydrogen-bond acceptors (Lipinski definition) is 11. The SMILES string of the molecule is CCCCCCCCCCCCOC(=O)CCN(CCCCC(C(N)=O)N(CCC(=O)OCCCCCCCCCCCC)CCC(=O)OCCCCCCCCCCCC)CCC(=O)OCCCCCCCCCCCC. The average Bonchev–Trinajstić information content (AvgIpc) is 3.43. The van der Waals surface area contributed by atoms with Crippen LogP contribution in [0.5, 0.6) is 0 Å². The first kappa shape index (κ1) is 75.3. The summed E-state index contributed by atoms with van der Waals surface area (Å²) >= 11 is 0. The highest BCUT2D eigenvalue weighted by molar-refractivity contribution is 5.80. The van der Waals surface area contributed by atoms with Crippen LogP contribution in [0.1, 0.15) is 329 Å². The Kier molecular flexibility index (Phi) is 58.3. The van der Waals surface area contributed by atoms with Crippen LogP contribution in [0.3, 0.4) is 0 Å². The molecule has 0 saturated carbocycles. The second-order valence-corrected chi connectivity index (χ2v) is 22.9. The van der Waals surface area contributed by atoms with Crippen LogP contribution in [0.25, 0.3) is 0 Å². The van der Waals surface area contributed by atoms with Gasteiger partial charge >= 0.3 is 23.9 Å². The summed E-state index contributed by atoms with van der Waals surface area (Å²) in [6.07, 6.45) is 50.8. The maximum Gasteiger partial charge on any atom is 0.307 e. The molecule has 12 heteroatoms. The quantitative estimate of drug-likeness (QED) is 0.0351. The molecule has 0 fully saturated rings. The van der Waals surface area contributed by atoms with Crippen LogP contribution in [0.15, 0.2) is 0 Å². The number of carbonyl (C=O) groups excluding carboxylic acids is 5. The maximum absolute atomic E-state index is 13.2. The Bertz CT molecular complexity index is 1270. The largest absolute Gasteiger partial charge is 0.466 e. The minimum atomic E-state index is -0.690. The second-order valence-electron chi connectivity index (χ2n) is 22.9. The topological polar surface area (TPSA) is 155 Å². The third-order valence-electron chi connectivity index (χ3n) is 15.5. The predicted molar refractivity (Wildman–Crippen MR) is 325 cm³/mol. The highest BCUT2D eigenvalue weighted by atomic mass is 16.5. The molecule has 0 bridgehead atoms. The van der Waals surface area contributed by atoms with E-state index in [9.17, 15) is 24.0 Å². The zero-order chi connectivity index (χ0) is 57.0. The summed E-state index contributed by atoms with van der Waals surface area (Å²) in [5.41, 5.74) is 6.09. The fraction of sp³-hybridized carbons (Fsp3) is 0.924. The number of nitrogens with zero attached hydrogens (tertiary/aromatic N) is 2. The lowest BCUT2D eigenvalue weighted by Gasteiger charge is -2.29. The second kappa shape index (κ2) is 60.4. The molecule has 0 aliphatic rings. The van der Waals surface area contributed by atoms with Crippen LogP contribution in [-0.2, 0) is 42.9 Å². The van der Waals surface area contributed by atoms with Crippen molar-refractivity contribution in [1.29, 1.82) is 0 Å². The first-order valence-electron chi connectivity index (χ1n) is 33.6. The van der Waals surface area contributed by atoms with E-state index >= 15 is 0 Å². The van der Waals surface area contributed by atoms with E-state index in [4.69, 9.17) is 24.7 Å². The summed E-state index contributed by atoms with van der Waals surface area (Å²) in [5, 5.41) is 0. The Morgan fingerprint density at radius 2 is 0.526 bits per heavy atom. The molecule has 1 atom stereocenters. The van der Waals surface area contributed by atoms with Gasteiger partial charge in [-0.05, 0) is 45.1 Å². The predicted octanol–water partition coefficient (Wildman–Crippen LogP) is 17.0. The van der Waals surface area contributed by atoms with E-state index in [1.807, 2.05) is 4.90 Å². The highest BCUT2D eigenvalue weighted by Gasteiger charge is 2.26. The standard InChI is InChI=1S/C66H127N3O9/c1-5-9-13-17-21-25-29-33-37-43-57-75-62(70)48-53-68(54-49-63(71)76-58-44-38-34-30-26-22-18-14-10-6-2)52-42-41-47-61(66(67)74)69(55-50-64(72)77-59-45-39-35-31-27-23-19-15-11-7-3)56-51-65(73)78-60-46-40-36-32-28-24-20-16-12-8-4/h61H,5-60H2,1-4H3,(H2,67,74). The van der Waals surface area contributed by atoms with E-state index in [1.165, 1.54) is 193 Å². The minimum Gasteiger partial charge on any atom is -0.466 e. The number of amides is 1. The Hall–Kier alpha value is -2.73. The van der Waals surface area contributed by atoms with E-state index in [2.05, 4.69) is 32.6 Å². The third-order valence-corrected chi connectivity index (χ3v) is 15.5. The van der Waals surface area contributed by atoms with Crippen molar-refractivity contribution < 1.29 is 42.9 Å². The van der Waals surface area contributed by atoms with Crippen molar-refractivity contribution in [3.63, 3.8) is 0 Å². The molecule has 0 aromatic carbocycles. The smallest absolute Gasteiger partial charge is 0.307 e. The molecule has 0 spiro atoms. The number of esters is 4. The van der Waals surface area contributed by atoms with Gasteiger partial charge in [-0.3, -0.25) is 28.9 Å². The van der Waals surface area contributed by atoms with Crippen LogP contribution in [0.4, 0.5) is 0 Å². The van der Waals surface area contributed by atoms with Gasteiger partial charge in [-0.25, -0.2) is 0 Å². The number of unbranched alkanes of at least 4 members (excludes halogenated alkanes) is 37. The van der Waals surface area contributed by atoms with Crippen molar-refractivity contribution in [3.05, 3.63) is 0 Å². The summed E-state index contributed by atoms with van der Waals surface area (Å²) in [5.74, 6) is -1.59. The van der Waals surface area contributed by atoms with E-state index in [0.717, 1.165) is 64.2 Å². The summed E-state index contributed by atoms with van der Waals surface area (Å²) in [6, 6.07) is -0.690. The lowest BCUT2D eigenvalue weighted by atomic mass is 10.1.